The molecule has 0 spiro atoms. The van der Waals surface area contributed by atoms with Gasteiger partial charge in [0.15, 0.2) is 0 Å². The van der Waals surface area contributed by atoms with Crippen LogP contribution in [0.4, 0.5) is 13.6 Å². The molecule has 2 unspecified atom stereocenters. The van der Waals surface area contributed by atoms with E-state index in [1.807, 2.05) is 17.0 Å². The predicted octanol–water partition coefficient (Wildman–Crippen LogP) is 5.20. The van der Waals surface area contributed by atoms with Gasteiger partial charge in [0.05, 0.1) is 11.4 Å². The number of nitrogens with one attached hydrogen (secondary N) is 1. The maximum absolute atomic E-state index is 13.5. The first-order chi connectivity index (χ1) is 17.6. The van der Waals surface area contributed by atoms with Gasteiger partial charge in [-0.2, -0.15) is 5.10 Å². The SMILES string of the molecule is O=C(NCCC1=CCC(F)CC1)N1CCCC(c2cc(-c3ccc(F)cc3)nn2-c2ncccn2)C1. The van der Waals surface area contributed by atoms with Crippen molar-refractivity contribution in [2.75, 3.05) is 19.6 Å². The summed E-state index contributed by atoms with van der Waals surface area (Å²) in [6.07, 6.45) is 8.94. The Kier molecular flexibility index (Phi) is 7.34. The number of hydrogen-bond acceptors (Lipinski definition) is 4. The number of allylic oxidation sites excluding steroid dienone is 1. The van der Waals surface area contributed by atoms with E-state index in [1.165, 1.54) is 17.7 Å². The number of hydrogen-bond donors (Lipinski definition) is 1. The molecule has 1 aliphatic heterocycles. The highest BCUT2D eigenvalue weighted by molar-refractivity contribution is 5.74. The van der Waals surface area contributed by atoms with Crippen molar-refractivity contribution in [1.29, 1.82) is 0 Å². The third kappa shape index (κ3) is 5.61. The lowest BCUT2D eigenvalue weighted by Crippen LogP contribution is -2.45. The van der Waals surface area contributed by atoms with Gasteiger partial charge in [0.1, 0.15) is 12.0 Å². The number of aromatic nitrogens is 4. The Bertz CT molecular complexity index is 1210. The second-order valence-corrected chi connectivity index (χ2v) is 9.42. The van der Waals surface area contributed by atoms with E-state index in [9.17, 15) is 13.6 Å². The minimum atomic E-state index is -0.730. The second-order valence-electron chi connectivity index (χ2n) is 9.42. The van der Waals surface area contributed by atoms with Gasteiger partial charge < -0.3 is 10.2 Å². The van der Waals surface area contributed by atoms with Crippen molar-refractivity contribution in [3.05, 3.63) is 72.0 Å². The van der Waals surface area contributed by atoms with Gasteiger partial charge in [-0.3, -0.25) is 0 Å². The number of benzene rings is 1. The highest BCUT2D eigenvalue weighted by Crippen LogP contribution is 2.31. The van der Waals surface area contributed by atoms with Crippen molar-refractivity contribution in [3.8, 4) is 17.2 Å². The highest BCUT2D eigenvalue weighted by atomic mass is 19.1. The summed E-state index contributed by atoms with van der Waals surface area (Å²) >= 11 is 0. The smallest absolute Gasteiger partial charge is 0.317 e. The minimum Gasteiger partial charge on any atom is -0.338 e. The Balaban J connectivity index is 1.30. The first kappa shape index (κ1) is 24.1. The molecule has 2 aliphatic rings. The van der Waals surface area contributed by atoms with Crippen LogP contribution in [0.1, 0.15) is 50.1 Å². The van der Waals surface area contributed by atoms with Gasteiger partial charge in [-0.25, -0.2) is 28.2 Å². The molecule has 0 bridgehead atoms. The predicted molar refractivity (Wildman–Crippen MR) is 133 cm³/mol. The van der Waals surface area contributed by atoms with E-state index < -0.39 is 6.17 Å². The molecule has 3 aromatic rings. The van der Waals surface area contributed by atoms with Crippen LogP contribution in [0.25, 0.3) is 17.2 Å². The molecule has 1 aliphatic carbocycles. The summed E-state index contributed by atoms with van der Waals surface area (Å²) in [4.78, 5) is 23.5. The van der Waals surface area contributed by atoms with Crippen molar-refractivity contribution in [3.63, 3.8) is 0 Å². The van der Waals surface area contributed by atoms with E-state index in [-0.39, 0.29) is 17.8 Å². The van der Waals surface area contributed by atoms with Crippen molar-refractivity contribution in [2.45, 2.75) is 50.6 Å². The van der Waals surface area contributed by atoms with Crippen LogP contribution < -0.4 is 5.32 Å². The average Bonchev–Trinajstić information content (AvgIpc) is 3.36. The molecule has 7 nitrogen and oxygen atoms in total. The summed E-state index contributed by atoms with van der Waals surface area (Å²) in [5, 5.41) is 7.78. The summed E-state index contributed by atoms with van der Waals surface area (Å²) in [5.41, 5.74) is 3.65. The van der Waals surface area contributed by atoms with Gasteiger partial charge in [0.25, 0.3) is 5.95 Å². The molecule has 1 N–H and O–H groups in total. The molecular formula is C27H30F2N6O. The molecule has 36 heavy (non-hydrogen) atoms. The third-order valence-corrected chi connectivity index (χ3v) is 6.91. The quantitative estimate of drug-likeness (QED) is 0.480. The lowest BCUT2D eigenvalue weighted by atomic mass is 9.94. The van der Waals surface area contributed by atoms with E-state index >= 15 is 0 Å². The number of nitrogens with zero attached hydrogens (tertiary/aromatic N) is 5. The Morgan fingerprint density at radius 1 is 1.14 bits per heavy atom. The Hall–Kier alpha value is -3.62. The van der Waals surface area contributed by atoms with Crippen molar-refractivity contribution in [1.82, 2.24) is 30.0 Å². The topological polar surface area (TPSA) is 75.9 Å². The van der Waals surface area contributed by atoms with Crippen LogP contribution in [0.2, 0.25) is 0 Å². The fourth-order valence-electron chi connectivity index (χ4n) is 4.94. The number of likely N-dealkylation sites (tertiary alicyclic amines) is 1. The molecule has 1 saturated heterocycles. The van der Waals surface area contributed by atoms with Crippen molar-refractivity contribution >= 4 is 6.03 Å². The number of carbonyl (C=O) groups excluding carboxylic acids is 1. The fraction of sp³-hybridized carbons (Fsp3) is 0.407. The standard InChI is InChI=1S/C27H30F2N6O/c28-22-8-4-19(5-9-22)12-15-32-27(36)34-16-1-3-21(18-34)25-17-24(20-6-10-23(29)11-7-20)33-35(25)26-30-13-2-14-31-26/h2,4,6-7,10-11,13-14,17,21-22H,1,3,5,8-9,12,15-16,18H2,(H,32,36). The van der Waals surface area contributed by atoms with Crippen LogP contribution in [0.15, 0.2) is 60.4 Å². The molecule has 0 radical (unpaired) electrons. The van der Waals surface area contributed by atoms with Gasteiger partial charge in [-0.1, -0.05) is 11.6 Å². The van der Waals surface area contributed by atoms with Crippen LogP contribution in [0.5, 0.6) is 0 Å². The maximum Gasteiger partial charge on any atom is 0.317 e. The van der Waals surface area contributed by atoms with Gasteiger partial charge in [-0.15, -0.1) is 0 Å². The number of urea groups is 1. The number of rotatable bonds is 6. The van der Waals surface area contributed by atoms with Crippen LogP contribution in [-0.2, 0) is 0 Å². The molecule has 0 saturated carbocycles. The molecule has 3 heterocycles. The number of alkyl halides is 1. The largest absolute Gasteiger partial charge is 0.338 e. The van der Waals surface area contributed by atoms with Gasteiger partial charge >= 0.3 is 6.03 Å². The lowest BCUT2D eigenvalue weighted by Gasteiger charge is -2.33. The van der Waals surface area contributed by atoms with E-state index in [2.05, 4.69) is 15.3 Å². The second kappa shape index (κ2) is 11.0. The lowest BCUT2D eigenvalue weighted by molar-refractivity contribution is 0.178. The minimum absolute atomic E-state index is 0.0533. The number of amides is 2. The molecule has 2 amide bonds. The zero-order valence-corrected chi connectivity index (χ0v) is 20.1. The first-order valence-corrected chi connectivity index (χ1v) is 12.5. The van der Waals surface area contributed by atoms with Crippen molar-refractivity contribution < 1.29 is 13.6 Å². The van der Waals surface area contributed by atoms with E-state index in [0.717, 1.165) is 36.9 Å². The van der Waals surface area contributed by atoms with E-state index in [0.29, 0.717) is 44.1 Å². The van der Waals surface area contributed by atoms with E-state index in [1.54, 1.807) is 35.3 Å². The Morgan fingerprint density at radius 3 is 2.69 bits per heavy atom. The molecule has 2 atom stereocenters. The summed E-state index contributed by atoms with van der Waals surface area (Å²) in [6.45, 7) is 1.79. The number of carbonyl (C=O) groups is 1. The summed E-state index contributed by atoms with van der Waals surface area (Å²) in [6, 6.07) is 9.89. The normalized spacial score (nSPS) is 20.2. The summed E-state index contributed by atoms with van der Waals surface area (Å²) in [7, 11) is 0. The zero-order chi connectivity index (χ0) is 24.9. The van der Waals surface area contributed by atoms with Crippen LogP contribution in [0, 0.1) is 5.82 Å². The Morgan fingerprint density at radius 2 is 1.94 bits per heavy atom. The first-order valence-electron chi connectivity index (χ1n) is 12.5. The van der Waals surface area contributed by atoms with Gasteiger partial charge in [0, 0.05) is 43.5 Å². The molecule has 1 fully saturated rings. The molecule has 9 heteroatoms. The summed E-state index contributed by atoms with van der Waals surface area (Å²) < 4.78 is 28.5. The van der Waals surface area contributed by atoms with E-state index in [4.69, 9.17) is 5.10 Å². The highest BCUT2D eigenvalue weighted by Gasteiger charge is 2.29. The van der Waals surface area contributed by atoms with Gasteiger partial charge in [0.2, 0.25) is 0 Å². The maximum atomic E-state index is 13.5. The molecule has 2 aromatic heterocycles. The average molecular weight is 493 g/mol. The Labute approximate surface area is 209 Å². The van der Waals surface area contributed by atoms with Crippen LogP contribution in [-0.4, -0.2) is 56.5 Å². The number of piperidine rings is 1. The third-order valence-electron chi connectivity index (χ3n) is 6.91. The molecule has 1 aromatic carbocycles. The fourth-order valence-corrected chi connectivity index (χ4v) is 4.94. The molecular weight excluding hydrogens is 462 g/mol. The van der Waals surface area contributed by atoms with Crippen molar-refractivity contribution in [2.24, 2.45) is 0 Å². The van der Waals surface area contributed by atoms with Crippen LogP contribution in [0.3, 0.4) is 0 Å². The number of halogens is 2. The van der Waals surface area contributed by atoms with Crippen LogP contribution >= 0.6 is 0 Å². The molecule has 5 rings (SSSR count). The zero-order valence-electron chi connectivity index (χ0n) is 20.1. The van der Waals surface area contributed by atoms with Gasteiger partial charge in [-0.05, 0) is 74.9 Å². The summed E-state index contributed by atoms with van der Waals surface area (Å²) in [5.74, 6) is 0.210. The molecule has 188 valence electrons. The monoisotopic (exact) mass is 492 g/mol.